The molecule has 1 atom stereocenters. The number of hydrogen-bond acceptors (Lipinski definition) is 4. The van der Waals surface area contributed by atoms with E-state index < -0.39 is 0 Å². The molecule has 0 radical (unpaired) electrons. The van der Waals surface area contributed by atoms with E-state index in [1.807, 2.05) is 25.1 Å². The van der Waals surface area contributed by atoms with Gasteiger partial charge < -0.3 is 5.32 Å². The van der Waals surface area contributed by atoms with Gasteiger partial charge in [0, 0.05) is 23.3 Å². The van der Waals surface area contributed by atoms with Crippen LogP contribution < -0.4 is 5.32 Å². The van der Waals surface area contributed by atoms with Gasteiger partial charge in [0.05, 0.1) is 0 Å². The summed E-state index contributed by atoms with van der Waals surface area (Å²) in [5, 5.41) is 8.02. The van der Waals surface area contributed by atoms with E-state index in [1.54, 1.807) is 16.8 Å². The van der Waals surface area contributed by atoms with Gasteiger partial charge in [0.25, 0.3) is 0 Å². The summed E-state index contributed by atoms with van der Waals surface area (Å²) < 4.78 is 15.1. The van der Waals surface area contributed by atoms with Crippen molar-refractivity contribution in [3.63, 3.8) is 0 Å². The number of halogens is 1. The molecule has 6 heteroatoms. The van der Waals surface area contributed by atoms with Crippen molar-refractivity contribution in [2.24, 2.45) is 0 Å². The smallest absolute Gasteiger partial charge is 0.226 e. The largest absolute Gasteiger partial charge is 0.328 e. The molecule has 1 N–H and O–H groups in total. The number of Topliss-reactive ketones (excluding diaryl/α,β-unsaturated/α-hetero) is 1. The molecule has 0 saturated heterocycles. The number of carbonyl (C=O) groups excluding carboxylic acids is 1. The molecule has 1 unspecified atom stereocenters. The molecule has 3 aromatic rings. The van der Waals surface area contributed by atoms with Crippen molar-refractivity contribution in [1.82, 2.24) is 14.8 Å². The number of nitrogens with one attached hydrogen (secondary N) is 1. The zero-order valence-electron chi connectivity index (χ0n) is 15.4. The third kappa shape index (κ3) is 2.72. The molecule has 0 bridgehead atoms. The molecule has 2 aliphatic rings. The van der Waals surface area contributed by atoms with Crippen LogP contribution in [0.25, 0.3) is 11.4 Å². The first-order valence-electron chi connectivity index (χ1n) is 9.42. The van der Waals surface area contributed by atoms with E-state index in [0.29, 0.717) is 18.2 Å². The van der Waals surface area contributed by atoms with Gasteiger partial charge in [0.2, 0.25) is 5.95 Å². The van der Waals surface area contributed by atoms with Crippen molar-refractivity contribution in [2.75, 3.05) is 5.32 Å². The van der Waals surface area contributed by atoms with Crippen LogP contribution in [0.3, 0.4) is 0 Å². The van der Waals surface area contributed by atoms with Gasteiger partial charge in [-0.25, -0.2) is 9.07 Å². The molecule has 1 aliphatic heterocycles. The lowest BCUT2D eigenvalue weighted by atomic mass is 9.85. The van der Waals surface area contributed by atoms with Gasteiger partial charge >= 0.3 is 0 Å². The minimum Gasteiger partial charge on any atom is -0.328 e. The molecule has 0 spiro atoms. The fourth-order valence-electron chi connectivity index (χ4n) is 4.03. The molecule has 5 rings (SSSR count). The SMILES string of the molecule is Cc1cccc(C2C3=C(CCCC3=O)Nc3nc(-c4ccc(F)cc4)nn32)c1. The summed E-state index contributed by atoms with van der Waals surface area (Å²) >= 11 is 0. The number of carbonyl (C=O) groups is 1. The summed E-state index contributed by atoms with van der Waals surface area (Å²) in [6.07, 6.45) is 2.21. The number of aryl methyl sites for hydroxylation is 1. The predicted molar refractivity (Wildman–Crippen MR) is 104 cm³/mol. The summed E-state index contributed by atoms with van der Waals surface area (Å²) in [6, 6.07) is 14.0. The predicted octanol–water partition coefficient (Wildman–Crippen LogP) is 4.41. The summed E-state index contributed by atoms with van der Waals surface area (Å²) in [5.41, 5.74) is 4.59. The number of rotatable bonds is 2. The van der Waals surface area contributed by atoms with Crippen LogP contribution in [0.15, 0.2) is 59.8 Å². The standard InChI is InChI=1S/C22H19FN4O/c1-13-4-2-5-15(12-13)20-19-17(6-3-7-18(19)28)24-22-25-21(26-27(20)22)14-8-10-16(23)11-9-14/h2,4-5,8-12,20H,3,6-7H2,1H3,(H,24,25,26). The van der Waals surface area contributed by atoms with Crippen LogP contribution in [0.1, 0.15) is 36.4 Å². The Balaban J connectivity index is 1.68. The maximum atomic E-state index is 13.3. The molecule has 1 aliphatic carbocycles. The maximum Gasteiger partial charge on any atom is 0.226 e. The zero-order valence-corrected chi connectivity index (χ0v) is 15.4. The number of hydrogen-bond donors (Lipinski definition) is 1. The number of fused-ring (bicyclic) bond motifs is 1. The highest BCUT2D eigenvalue weighted by atomic mass is 19.1. The summed E-state index contributed by atoms with van der Waals surface area (Å²) in [6.45, 7) is 2.04. The Labute approximate surface area is 161 Å². The van der Waals surface area contributed by atoms with Crippen molar-refractivity contribution < 1.29 is 9.18 Å². The lowest BCUT2D eigenvalue weighted by molar-refractivity contribution is -0.116. The highest BCUT2D eigenvalue weighted by Gasteiger charge is 2.36. The Morgan fingerprint density at radius 3 is 2.75 bits per heavy atom. The summed E-state index contributed by atoms with van der Waals surface area (Å²) in [5.74, 6) is 0.975. The lowest BCUT2D eigenvalue weighted by Gasteiger charge is -2.32. The van der Waals surface area contributed by atoms with Gasteiger partial charge in [-0.1, -0.05) is 29.8 Å². The zero-order chi connectivity index (χ0) is 19.3. The number of allylic oxidation sites excluding steroid dienone is 2. The minimum atomic E-state index is -0.305. The monoisotopic (exact) mass is 374 g/mol. The normalized spacial score (nSPS) is 18.5. The fraction of sp³-hybridized carbons (Fsp3) is 0.227. The van der Waals surface area contributed by atoms with E-state index in [2.05, 4.69) is 16.4 Å². The average molecular weight is 374 g/mol. The Morgan fingerprint density at radius 2 is 1.96 bits per heavy atom. The third-order valence-corrected chi connectivity index (χ3v) is 5.33. The number of ketones is 1. The van der Waals surface area contributed by atoms with Crippen molar-refractivity contribution in [3.8, 4) is 11.4 Å². The number of aromatic nitrogens is 3. The number of benzene rings is 2. The minimum absolute atomic E-state index is 0.157. The molecule has 2 aromatic carbocycles. The van der Waals surface area contributed by atoms with Crippen molar-refractivity contribution >= 4 is 11.7 Å². The second kappa shape index (κ2) is 6.41. The molecule has 2 heterocycles. The van der Waals surface area contributed by atoms with E-state index in [9.17, 15) is 9.18 Å². The first kappa shape index (κ1) is 16.9. The molecule has 28 heavy (non-hydrogen) atoms. The van der Waals surface area contributed by atoms with Crippen LogP contribution >= 0.6 is 0 Å². The number of nitrogens with zero attached hydrogens (tertiary/aromatic N) is 3. The van der Waals surface area contributed by atoms with Crippen LogP contribution in [-0.2, 0) is 4.79 Å². The highest BCUT2D eigenvalue weighted by Crippen LogP contribution is 2.40. The summed E-state index contributed by atoms with van der Waals surface area (Å²) in [4.78, 5) is 17.5. The molecule has 0 fully saturated rings. The highest BCUT2D eigenvalue weighted by molar-refractivity contribution is 5.99. The second-order valence-electron chi connectivity index (χ2n) is 7.32. The fourth-order valence-corrected chi connectivity index (χ4v) is 4.03. The van der Waals surface area contributed by atoms with Crippen LogP contribution in [0, 0.1) is 12.7 Å². The van der Waals surface area contributed by atoms with Crippen molar-refractivity contribution in [2.45, 2.75) is 32.2 Å². The van der Waals surface area contributed by atoms with Crippen LogP contribution in [-0.4, -0.2) is 20.5 Å². The van der Waals surface area contributed by atoms with E-state index in [1.165, 1.54) is 12.1 Å². The maximum absolute atomic E-state index is 13.3. The summed E-state index contributed by atoms with van der Waals surface area (Å²) in [7, 11) is 0. The van der Waals surface area contributed by atoms with E-state index in [-0.39, 0.29) is 17.6 Å². The molecule has 5 nitrogen and oxygen atoms in total. The Bertz CT molecular complexity index is 1110. The third-order valence-electron chi connectivity index (χ3n) is 5.33. The van der Waals surface area contributed by atoms with Gasteiger partial charge in [0.15, 0.2) is 11.6 Å². The molecule has 0 saturated carbocycles. The van der Waals surface area contributed by atoms with Gasteiger partial charge in [-0.05, 0) is 49.6 Å². The van der Waals surface area contributed by atoms with Gasteiger partial charge in [0.1, 0.15) is 11.9 Å². The van der Waals surface area contributed by atoms with Gasteiger partial charge in [-0.15, -0.1) is 5.10 Å². The second-order valence-corrected chi connectivity index (χ2v) is 7.32. The van der Waals surface area contributed by atoms with Crippen molar-refractivity contribution in [3.05, 3.63) is 76.7 Å². The van der Waals surface area contributed by atoms with E-state index in [0.717, 1.165) is 40.8 Å². The molecular formula is C22H19FN4O. The molecular weight excluding hydrogens is 355 g/mol. The van der Waals surface area contributed by atoms with Gasteiger partial charge in [-0.2, -0.15) is 4.98 Å². The molecule has 140 valence electrons. The van der Waals surface area contributed by atoms with Gasteiger partial charge in [-0.3, -0.25) is 4.79 Å². The van der Waals surface area contributed by atoms with E-state index >= 15 is 0 Å². The Kier molecular flexibility index (Phi) is 3.86. The Hall–Kier alpha value is -3.28. The first-order chi connectivity index (χ1) is 13.6. The van der Waals surface area contributed by atoms with E-state index in [4.69, 9.17) is 5.10 Å². The quantitative estimate of drug-likeness (QED) is 0.722. The number of anilines is 1. The Morgan fingerprint density at radius 1 is 1.14 bits per heavy atom. The van der Waals surface area contributed by atoms with Crippen LogP contribution in [0.2, 0.25) is 0 Å². The van der Waals surface area contributed by atoms with Crippen LogP contribution in [0.5, 0.6) is 0 Å². The molecule has 1 aromatic heterocycles. The first-order valence-corrected chi connectivity index (χ1v) is 9.42. The van der Waals surface area contributed by atoms with Crippen LogP contribution in [0.4, 0.5) is 10.3 Å². The van der Waals surface area contributed by atoms with Crippen molar-refractivity contribution in [1.29, 1.82) is 0 Å². The topological polar surface area (TPSA) is 59.8 Å². The molecule has 0 amide bonds. The average Bonchev–Trinajstić information content (AvgIpc) is 3.10. The lowest BCUT2D eigenvalue weighted by Crippen LogP contribution is -2.31.